The quantitative estimate of drug-likeness (QED) is 0.600. The smallest absolute Gasteiger partial charge is 0.230 e. The highest BCUT2D eigenvalue weighted by Crippen LogP contribution is 2.33. The molecule has 0 bridgehead atoms. The number of nitrogens with zero attached hydrogens (tertiary/aromatic N) is 1. The van der Waals surface area contributed by atoms with E-state index < -0.39 is 12.2 Å². The van der Waals surface area contributed by atoms with Crippen LogP contribution in [0.25, 0.3) is 0 Å². The van der Waals surface area contributed by atoms with Crippen LogP contribution < -0.4 is 5.32 Å². The third kappa shape index (κ3) is 2.32. The summed E-state index contributed by atoms with van der Waals surface area (Å²) in [5.41, 5.74) is -0.331. The zero-order valence-corrected chi connectivity index (χ0v) is 10.4. The number of hydrogen-bond acceptors (Lipinski definition) is 4. The summed E-state index contributed by atoms with van der Waals surface area (Å²) < 4.78 is 0. The summed E-state index contributed by atoms with van der Waals surface area (Å²) in [6.45, 7) is 4.25. The molecule has 98 valence electrons. The lowest BCUT2D eigenvalue weighted by Crippen LogP contribution is -2.51. The number of β-amino-alcohol motifs (C(OH)–C–C–N with tert-alkyl or cyclic N) is 2. The van der Waals surface area contributed by atoms with Gasteiger partial charge in [-0.1, -0.05) is 6.92 Å². The van der Waals surface area contributed by atoms with Crippen molar-refractivity contribution in [3.05, 3.63) is 0 Å². The molecule has 1 unspecified atom stereocenters. The summed E-state index contributed by atoms with van der Waals surface area (Å²) in [5.74, 6) is 0.0859. The topological polar surface area (TPSA) is 72.8 Å². The number of nitrogens with one attached hydrogen (secondary N) is 1. The maximum atomic E-state index is 12.5. The van der Waals surface area contributed by atoms with Crippen LogP contribution in [-0.2, 0) is 4.79 Å². The molecule has 2 rings (SSSR count). The summed E-state index contributed by atoms with van der Waals surface area (Å²) >= 11 is 0. The van der Waals surface area contributed by atoms with Gasteiger partial charge in [0.15, 0.2) is 0 Å². The number of rotatable bonds is 2. The fourth-order valence-electron chi connectivity index (χ4n) is 2.87. The molecule has 3 atom stereocenters. The SMILES string of the molecule is CCC1(C(=O)N2C[C@@H](O)[C@@H](O)C2)CCCNC1. The molecule has 3 N–H and O–H groups in total. The van der Waals surface area contributed by atoms with E-state index in [2.05, 4.69) is 5.32 Å². The van der Waals surface area contributed by atoms with Crippen molar-refractivity contribution in [2.45, 2.75) is 38.4 Å². The van der Waals surface area contributed by atoms with E-state index in [0.717, 1.165) is 25.8 Å². The van der Waals surface area contributed by atoms with Gasteiger partial charge in [0, 0.05) is 19.6 Å². The predicted molar refractivity (Wildman–Crippen MR) is 63.4 cm³/mol. The predicted octanol–water partition coefficient (Wildman–Crippen LogP) is -0.670. The normalized spacial score (nSPS) is 38.4. The van der Waals surface area contributed by atoms with Crippen molar-refractivity contribution < 1.29 is 15.0 Å². The molecule has 0 aromatic rings. The van der Waals surface area contributed by atoms with Gasteiger partial charge in [-0.25, -0.2) is 0 Å². The van der Waals surface area contributed by atoms with Crippen molar-refractivity contribution in [3.8, 4) is 0 Å². The lowest BCUT2D eigenvalue weighted by Gasteiger charge is -2.38. The maximum Gasteiger partial charge on any atom is 0.230 e. The molecule has 2 heterocycles. The van der Waals surface area contributed by atoms with Crippen molar-refractivity contribution in [2.75, 3.05) is 26.2 Å². The number of carbonyl (C=O) groups excluding carboxylic acids is 1. The number of likely N-dealkylation sites (tertiary alicyclic amines) is 1. The van der Waals surface area contributed by atoms with Gasteiger partial charge in [0.05, 0.1) is 17.6 Å². The van der Waals surface area contributed by atoms with Gasteiger partial charge in [-0.15, -0.1) is 0 Å². The molecular weight excluding hydrogens is 220 g/mol. The van der Waals surface area contributed by atoms with E-state index in [1.807, 2.05) is 6.92 Å². The zero-order valence-electron chi connectivity index (χ0n) is 10.4. The Morgan fingerprint density at radius 1 is 1.41 bits per heavy atom. The molecule has 5 nitrogen and oxygen atoms in total. The fraction of sp³-hybridized carbons (Fsp3) is 0.917. The molecule has 0 aliphatic carbocycles. The average Bonchev–Trinajstić information content (AvgIpc) is 2.69. The molecule has 1 amide bonds. The Kier molecular flexibility index (Phi) is 3.70. The minimum atomic E-state index is -0.788. The van der Waals surface area contributed by atoms with Crippen LogP contribution >= 0.6 is 0 Å². The first kappa shape index (κ1) is 12.8. The Hall–Kier alpha value is -0.650. The first-order valence-corrected chi connectivity index (χ1v) is 6.45. The minimum absolute atomic E-state index is 0.0859. The van der Waals surface area contributed by atoms with E-state index >= 15 is 0 Å². The summed E-state index contributed by atoms with van der Waals surface area (Å²) in [7, 11) is 0. The monoisotopic (exact) mass is 242 g/mol. The van der Waals surface area contributed by atoms with E-state index in [9.17, 15) is 15.0 Å². The highest BCUT2D eigenvalue weighted by Gasteiger charge is 2.44. The molecule has 0 aromatic carbocycles. The molecule has 0 radical (unpaired) electrons. The van der Waals surface area contributed by atoms with Crippen LogP contribution in [0.4, 0.5) is 0 Å². The molecule has 0 spiro atoms. The Balaban J connectivity index is 2.07. The molecule has 2 aliphatic rings. The molecule has 2 saturated heterocycles. The lowest BCUT2D eigenvalue weighted by atomic mass is 9.77. The van der Waals surface area contributed by atoms with E-state index in [0.29, 0.717) is 6.54 Å². The first-order valence-electron chi connectivity index (χ1n) is 6.45. The number of aliphatic hydroxyl groups excluding tert-OH is 2. The van der Waals surface area contributed by atoms with Crippen LogP contribution in [0.3, 0.4) is 0 Å². The van der Waals surface area contributed by atoms with Gasteiger partial charge in [-0.3, -0.25) is 4.79 Å². The van der Waals surface area contributed by atoms with Crippen LogP contribution in [0, 0.1) is 5.41 Å². The molecule has 2 fully saturated rings. The van der Waals surface area contributed by atoms with Crippen molar-refractivity contribution >= 4 is 5.91 Å². The van der Waals surface area contributed by atoms with Crippen LogP contribution in [0.1, 0.15) is 26.2 Å². The largest absolute Gasteiger partial charge is 0.388 e. The third-order valence-electron chi connectivity index (χ3n) is 4.15. The van der Waals surface area contributed by atoms with Gasteiger partial charge < -0.3 is 20.4 Å². The van der Waals surface area contributed by atoms with Crippen LogP contribution in [0.2, 0.25) is 0 Å². The molecule has 5 heteroatoms. The molecule has 17 heavy (non-hydrogen) atoms. The van der Waals surface area contributed by atoms with Crippen LogP contribution in [0.15, 0.2) is 0 Å². The van der Waals surface area contributed by atoms with Crippen molar-refractivity contribution in [3.63, 3.8) is 0 Å². The van der Waals surface area contributed by atoms with E-state index in [1.165, 1.54) is 0 Å². The summed E-state index contributed by atoms with van der Waals surface area (Å²) in [5, 5.41) is 22.3. The Morgan fingerprint density at radius 2 is 2.06 bits per heavy atom. The van der Waals surface area contributed by atoms with Crippen LogP contribution in [-0.4, -0.2) is 59.4 Å². The number of carbonyl (C=O) groups is 1. The number of piperidine rings is 1. The van der Waals surface area contributed by atoms with Gasteiger partial charge in [-0.2, -0.15) is 0 Å². The van der Waals surface area contributed by atoms with Crippen molar-refractivity contribution in [2.24, 2.45) is 5.41 Å². The van der Waals surface area contributed by atoms with Crippen molar-refractivity contribution in [1.29, 1.82) is 0 Å². The second-order valence-electron chi connectivity index (χ2n) is 5.26. The highest BCUT2D eigenvalue weighted by atomic mass is 16.3. The Bertz CT molecular complexity index is 279. The fourth-order valence-corrected chi connectivity index (χ4v) is 2.87. The second kappa shape index (κ2) is 4.92. The minimum Gasteiger partial charge on any atom is -0.388 e. The summed E-state index contributed by atoms with van der Waals surface area (Å²) in [4.78, 5) is 14.1. The highest BCUT2D eigenvalue weighted by molar-refractivity contribution is 5.83. The van der Waals surface area contributed by atoms with Gasteiger partial charge in [0.1, 0.15) is 0 Å². The standard InChI is InChI=1S/C12H22N2O3/c1-2-12(4-3-5-13-8-12)11(17)14-6-9(15)10(16)7-14/h9-10,13,15-16H,2-8H2,1H3/t9-,10+,12?. The van der Waals surface area contributed by atoms with E-state index in [1.54, 1.807) is 4.90 Å². The first-order chi connectivity index (χ1) is 8.09. The number of amides is 1. The molecule has 0 saturated carbocycles. The second-order valence-corrected chi connectivity index (χ2v) is 5.26. The Labute approximate surface area is 102 Å². The molecule has 0 aromatic heterocycles. The summed E-state index contributed by atoms with van der Waals surface area (Å²) in [6, 6.07) is 0. The lowest BCUT2D eigenvalue weighted by molar-refractivity contribution is -0.143. The maximum absolute atomic E-state index is 12.5. The third-order valence-corrected chi connectivity index (χ3v) is 4.15. The average molecular weight is 242 g/mol. The van der Waals surface area contributed by atoms with E-state index in [4.69, 9.17) is 0 Å². The zero-order chi connectivity index (χ0) is 12.5. The molecule has 2 aliphatic heterocycles. The van der Waals surface area contributed by atoms with Gasteiger partial charge in [0.2, 0.25) is 5.91 Å². The van der Waals surface area contributed by atoms with Gasteiger partial charge in [0.25, 0.3) is 0 Å². The number of hydrogen-bond donors (Lipinski definition) is 3. The number of aliphatic hydroxyl groups is 2. The van der Waals surface area contributed by atoms with Gasteiger partial charge >= 0.3 is 0 Å². The Morgan fingerprint density at radius 3 is 2.53 bits per heavy atom. The molecular formula is C12H22N2O3. The van der Waals surface area contributed by atoms with Crippen LogP contribution in [0.5, 0.6) is 0 Å². The summed E-state index contributed by atoms with van der Waals surface area (Å²) in [6.07, 6.45) is 1.15. The van der Waals surface area contributed by atoms with E-state index in [-0.39, 0.29) is 24.4 Å². The van der Waals surface area contributed by atoms with Crippen molar-refractivity contribution in [1.82, 2.24) is 10.2 Å². The van der Waals surface area contributed by atoms with Gasteiger partial charge in [-0.05, 0) is 25.8 Å².